The van der Waals surface area contributed by atoms with Crippen LogP contribution < -0.4 is 24.4 Å². The third-order valence-electron chi connectivity index (χ3n) is 5.50. The Morgan fingerprint density at radius 2 is 2.11 bits per heavy atom. The van der Waals surface area contributed by atoms with Gasteiger partial charge in [0, 0.05) is 4.88 Å². The van der Waals surface area contributed by atoms with E-state index < -0.39 is 12.0 Å². The summed E-state index contributed by atoms with van der Waals surface area (Å²) in [5.74, 6) is 3.03. The molecule has 9 heteroatoms. The van der Waals surface area contributed by atoms with Crippen molar-refractivity contribution < 1.29 is 19.0 Å². The smallest absolute Gasteiger partial charge is 0.338 e. The highest BCUT2D eigenvalue weighted by Crippen LogP contribution is 2.34. The Morgan fingerprint density at radius 3 is 2.78 bits per heavy atom. The summed E-state index contributed by atoms with van der Waals surface area (Å²) in [5.41, 5.74) is 1.63. The molecule has 186 valence electrons. The van der Waals surface area contributed by atoms with E-state index in [2.05, 4.69) is 5.92 Å². The number of thiazole rings is 1. The van der Waals surface area contributed by atoms with Gasteiger partial charge in [-0.3, -0.25) is 9.36 Å². The highest BCUT2D eigenvalue weighted by Gasteiger charge is 2.34. The molecule has 0 saturated carbocycles. The number of terminal acetylenes is 1. The standard InChI is InChI=1S/C27H26N2O5S2/c1-5-9-18-23(26(31)33-7-3)24(21-10-8-14-35-21)29-25(30)22(36-27(29)28-18)16-17-11-12-19(34-13-6-2)20(15-17)32-4/h2,8,10-12,14-16,24H,5,7,9,13H2,1,3-4H3/b22-16-/t24-/m0/s1. The molecule has 1 aliphatic heterocycles. The van der Waals surface area contributed by atoms with Crippen molar-refractivity contribution in [2.45, 2.75) is 32.7 Å². The summed E-state index contributed by atoms with van der Waals surface area (Å²) in [6, 6.07) is 8.63. The van der Waals surface area contributed by atoms with E-state index in [1.807, 2.05) is 30.5 Å². The SMILES string of the molecule is C#CCOc1ccc(/C=c2\sc3n(c2=O)[C@@H](c2cccs2)C(C(=O)OCC)=C(CCC)N=3)cc1OC. The van der Waals surface area contributed by atoms with Crippen LogP contribution in [0.3, 0.4) is 0 Å². The van der Waals surface area contributed by atoms with Gasteiger partial charge in [-0.1, -0.05) is 42.7 Å². The average Bonchev–Trinajstić information content (AvgIpc) is 3.51. The van der Waals surface area contributed by atoms with E-state index in [-0.39, 0.29) is 18.8 Å². The number of rotatable bonds is 9. The Bertz CT molecular complexity index is 1510. The highest BCUT2D eigenvalue weighted by molar-refractivity contribution is 7.10. The first-order valence-corrected chi connectivity index (χ1v) is 13.2. The molecule has 1 aromatic carbocycles. The van der Waals surface area contributed by atoms with E-state index in [9.17, 15) is 9.59 Å². The largest absolute Gasteiger partial charge is 0.493 e. The lowest BCUT2D eigenvalue weighted by atomic mass is 9.99. The molecule has 0 saturated heterocycles. The highest BCUT2D eigenvalue weighted by atomic mass is 32.1. The van der Waals surface area contributed by atoms with Crippen LogP contribution in [0, 0.1) is 12.3 Å². The number of nitrogens with zero attached hydrogens (tertiary/aromatic N) is 2. The van der Waals surface area contributed by atoms with Gasteiger partial charge >= 0.3 is 5.97 Å². The number of hydrogen-bond acceptors (Lipinski definition) is 8. The zero-order valence-corrected chi connectivity index (χ0v) is 21.9. The lowest BCUT2D eigenvalue weighted by Crippen LogP contribution is -2.39. The third kappa shape index (κ3) is 5.01. The molecule has 1 aliphatic rings. The average molecular weight is 523 g/mol. The van der Waals surface area contributed by atoms with Crippen molar-refractivity contribution in [1.82, 2.24) is 4.57 Å². The van der Waals surface area contributed by atoms with E-state index in [1.54, 1.807) is 36.8 Å². The maximum absolute atomic E-state index is 13.7. The van der Waals surface area contributed by atoms with Crippen LogP contribution in [0.2, 0.25) is 0 Å². The van der Waals surface area contributed by atoms with Crippen LogP contribution in [-0.4, -0.2) is 30.9 Å². The van der Waals surface area contributed by atoms with Crippen molar-refractivity contribution in [2.75, 3.05) is 20.3 Å². The Hall–Kier alpha value is -3.61. The summed E-state index contributed by atoms with van der Waals surface area (Å²) in [4.78, 5) is 33.0. The van der Waals surface area contributed by atoms with E-state index in [4.69, 9.17) is 25.6 Å². The first-order chi connectivity index (χ1) is 17.5. The lowest BCUT2D eigenvalue weighted by molar-refractivity contribution is -0.139. The number of methoxy groups -OCH3 is 1. The zero-order valence-electron chi connectivity index (χ0n) is 20.3. The Kier molecular flexibility index (Phi) is 8.08. The molecular weight excluding hydrogens is 496 g/mol. The maximum Gasteiger partial charge on any atom is 0.338 e. The van der Waals surface area contributed by atoms with Crippen LogP contribution in [0.4, 0.5) is 0 Å². The number of esters is 1. The zero-order chi connectivity index (χ0) is 25.7. The minimum atomic E-state index is -0.585. The topological polar surface area (TPSA) is 79.1 Å². The molecule has 0 bridgehead atoms. The number of thiophene rings is 1. The number of ether oxygens (including phenoxy) is 3. The number of carbonyl (C=O) groups excluding carboxylic acids is 1. The Balaban J connectivity index is 1.88. The molecule has 3 heterocycles. The molecule has 0 aliphatic carbocycles. The maximum atomic E-state index is 13.7. The monoisotopic (exact) mass is 522 g/mol. The fourth-order valence-electron chi connectivity index (χ4n) is 4.00. The van der Waals surface area contributed by atoms with Crippen molar-refractivity contribution in [3.63, 3.8) is 0 Å². The van der Waals surface area contributed by atoms with E-state index in [0.29, 0.717) is 38.5 Å². The second kappa shape index (κ2) is 11.4. The molecule has 0 unspecified atom stereocenters. The van der Waals surface area contributed by atoms with Crippen LogP contribution in [0.25, 0.3) is 6.08 Å². The summed E-state index contributed by atoms with van der Waals surface area (Å²) in [6.45, 7) is 4.17. The Morgan fingerprint density at radius 1 is 1.28 bits per heavy atom. The van der Waals surface area contributed by atoms with Crippen molar-refractivity contribution >= 4 is 34.7 Å². The predicted molar refractivity (Wildman–Crippen MR) is 141 cm³/mol. The van der Waals surface area contributed by atoms with Crippen molar-refractivity contribution in [3.05, 3.63) is 77.1 Å². The summed E-state index contributed by atoms with van der Waals surface area (Å²) in [7, 11) is 1.54. The molecular formula is C27H26N2O5S2. The summed E-state index contributed by atoms with van der Waals surface area (Å²) in [6.07, 6.45) is 8.49. The number of hydrogen-bond donors (Lipinski definition) is 0. The molecule has 3 aromatic rings. The number of aromatic nitrogens is 1. The molecule has 4 rings (SSSR count). The normalized spacial score (nSPS) is 15.2. The van der Waals surface area contributed by atoms with Gasteiger partial charge in [-0.2, -0.15) is 0 Å². The molecule has 0 spiro atoms. The van der Waals surface area contributed by atoms with E-state index in [1.165, 1.54) is 22.7 Å². The van der Waals surface area contributed by atoms with Crippen LogP contribution in [0.5, 0.6) is 11.5 Å². The third-order valence-corrected chi connectivity index (χ3v) is 7.41. The molecule has 0 radical (unpaired) electrons. The molecule has 7 nitrogen and oxygen atoms in total. The quantitative estimate of drug-likeness (QED) is 0.317. The minimum absolute atomic E-state index is 0.125. The van der Waals surface area contributed by atoms with Gasteiger partial charge in [-0.05, 0) is 48.6 Å². The molecule has 1 atom stereocenters. The predicted octanol–water partition coefficient (Wildman–Crippen LogP) is 3.66. The molecule has 36 heavy (non-hydrogen) atoms. The van der Waals surface area contributed by atoms with Crippen LogP contribution in [0.15, 0.2) is 56.8 Å². The number of allylic oxidation sites excluding steroid dienone is 1. The van der Waals surface area contributed by atoms with Crippen LogP contribution in [-0.2, 0) is 9.53 Å². The van der Waals surface area contributed by atoms with E-state index in [0.717, 1.165) is 16.9 Å². The minimum Gasteiger partial charge on any atom is -0.493 e. The number of fused-ring (bicyclic) bond motifs is 1. The van der Waals surface area contributed by atoms with Gasteiger partial charge in [0.2, 0.25) is 0 Å². The Labute approximate surface area is 217 Å². The molecule has 0 fully saturated rings. The van der Waals surface area contributed by atoms with Gasteiger partial charge < -0.3 is 14.2 Å². The van der Waals surface area contributed by atoms with Gasteiger partial charge in [0.05, 0.1) is 29.5 Å². The van der Waals surface area contributed by atoms with Crippen molar-refractivity contribution in [1.29, 1.82) is 0 Å². The summed E-state index contributed by atoms with van der Waals surface area (Å²) in [5, 5.41) is 1.93. The fourth-order valence-corrected chi connectivity index (χ4v) is 5.84. The van der Waals surface area contributed by atoms with Crippen LogP contribution in [0.1, 0.15) is 43.2 Å². The summed E-state index contributed by atoms with van der Waals surface area (Å²) >= 11 is 2.79. The second-order valence-corrected chi connectivity index (χ2v) is 9.82. The summed E-state index contributed by atoms with van der Waals surface area (Å²) < 4.78 is 18.4. The molecule has 0 amide bonds. The van der Waals surface area contributed by atoms with Gasteiger partial charge in [0.25, 0.3) is 5.56 Å². The van der Waals surface area contributed by atoms with E-state index >= 15 is 0 Å². The van der Waals surface area contributed by atoms with Crippen molar-refractivity contribution in [2.24, 2.45) is 4.99 Å². The van der Waals surface area contributed by atoms with Gasteiger partial charge in [-0.15, -0.1) is 17.8 Å². The van der Waals surface area contributed by atoms with Crippen LogP contribution >= 0.6 is 22.7 Å². The molecule has 2 aromatic heterocycles. The van der Waals surface area contributed by atoms with Gasteiger partial charge in [-0.25, -0.2) is 9.79 Å². The first-order valence-electron chi connectivity index (χ1n) is 11.5. The van der Waals surface area contributed by atoms with Crippen molar-refractivity contribution in [3.8, 4) is 23.8 Å². The molecule has 0 N–H and O–H groups in total. The lowest BCUT2D eigenvalue weighted by Gasteiger charge is -2.24. The fraction of sp³-hybridized carbons (Fsp3) is 0.296. The van der Waals surface area contributed by atoms with Gasteiger partial charge in [0.15, 0.2) is 16.3 Å². The first kappa shape index (κ1) is 25.5. The number of carbonyl (C=O) groups is 1. The number of benzene rings is 1. The second-order valence-electron chi connectivity index (χ2n) is 7.83. The van der Waals surface area contributed by atoms with Gasteiger partial charge in [0.1, 0.15) is 12.6 Å².